The highest BCUT2D eigenvalue weighted by atomic mass is 16.2. The van der Waals surface area contributed by atoms with Gasteiger partial charge in [0.05, 0.1) is 0 Å². The molecule has 0 aliphatic carbocycles. The lowest BCUT2D eigenvalue weighted by Crippen LogP contribution is -2.51. The number of amides is 5. The van der Waals surface area contributed by atoms with Gasteiger partial charge in [0.25, 0.3) is 17.7 Å². The van der Waals surface area contributed by atoms with Gasteiger partial charge in [-0.2, -0.15) is 0 Å². The van der Waals surface area contributed by atoms with Crippen LogP contribution in [0.3, 0.4) is 0 Å². The van der Waals surface area contributed by atoms with Gasteiger partial charge in [0.1, 0.15) is 5.57 Å². The molecule has 134 valence electrons. The monoisotopic (exact) mass is 361 g/mol. The van der Waals surface area contributed by atoms with Crippen molar-refractivity contribution < 1.29 is 19.2 Å². The maximum atomic E-state index is 12.1. The standard InChI is InChI=1S/C20H15N3O4/c24-17(14-6-2-1-3-7-14)21-15-11-9-13(10-12-15)5-4-8-16-18(25)22-20(27)23-19(16)26/h1-12H,(H,21,24)(H2,22,23,25,26,27)/b5-4+. The van der Waals surface area contributed by atoms with E-state index in [1.807, 2.05) is 16.7 Å². The Hall–Kier alpha value is -4.00. The van der Waals surface area contributed by atoms with E-state index in [1.165, 1.54) is 12.2 Å². The van der Waals surface area contributed by atoms with Crippen LogP contribution in [0.4, 0.5) is 10.5 Å². The fraction of sp³-hybridized carbons (Fsp3) is 0. The number of hydrogen-bond donors (Lipinski definition) is 3. The highest BCUT2D eigenvalue weighted by Crippen LogP contribution is 2.13. The molecule has 27 heavy (non-hydrogen) atoms. The van der Waals surface area contributed by atoms with Crippen LogP contribution < -0.4 is 16.0 Å². The summed E-state index contributed by atoms with van der Waals surface area (Å²) in [6.07, 6.45) is 4.54. The molecule has 7 heteroatoms. The molecule has 3 rings (SSSR count). The van der Waals surface area contributed by atoms with Crippen molar-refractivity contribution >= 4 is 35.5 Å². The summed E-state index contributed by atoms with van der Waals surface area (Å²) < 4.78 is 0. The van der Waals surface area contributed by atoms with Gasteiger partial charge in [-0.15, -0.1) is 0 Å². The predicted molar refractivity (Wildman–Crippen MR) is 99.6 cm³/mol. The molecule has 0 atom stereocenters. The molecule has 1 aliphatic heterocycles. The number of urea groups is 1. The summed E-state index contributed by atoms with van der Waals surface area (Å²) in [5, 5.41) is 6.79. The Morgan fingerprint density at radius 3 is 2.11 bits per heavy atom. The first-order valence-corrected chi connectivity index (χ1v) is 8.04. The Labute approximate surface area is 154 Å². The second-order valence-electron chi connectivity index (χ2n) is 5.62. The van der Waals surface area contributed by atoms with Gasteiger partial charge in [-0.3, -0.25) is 25.0 Å². The number of hydrogen-bond acceptors (Lipinski definition) is 4. The molecular weight excluding hydrogens is 346 g/mol. The van der Waals surface area contributed by atoms with Gasteiger partial charge in [0.15, 0.2) is 0 Å². The Bertz CT molecular complexity index is 938. The van der Waals surface area contributed by atoms with E-state index in [4.69, 9.17) is 0 Å². The molecule has 1 heterocycles. The van der Waals surface area contributed by atoms with Crippen molar-refractivity contribution in [2.24, 2.45) is 0 Å². The molecule has 7 nitrogen and oxygen atoms in total. The second-order valence-corrected chi connectivity index (χ2v) is 5.62. The number of carbonyl (C=O) groups excluding carboxylic acids is 4. The topological polar surface area (TPSA) is 104 Å². The van der Waals surface area contributed by atoms with E-state index in [2.05, 4.69) is 5.32 Å². The zero-order valence-corrected chi connectivity index (χ0v) is 14.1. The third-order valence-electron chi connectivity index (χ3n) is 3.70. The summed E-state index contributed by atoms with van der Waals surface area (Å²) in [5.41, 5.74) is 1.86. The van der Waals surface area contributed by atoms with Crippen molar-refractivity contribution in [1.29, 1.82) is 0 Å². The number of benzene rings is 2. The number of allylic oxidation sites excluding steroid dienone is 2. The van der Waals surface area contributed by atoms with Gasteiger partial charge in [-0.25, -0.2) is 4.79 Å². The molecule has 0 saturated carbocycles. The van der Waals surface area contributed by atoms with Gasteiger partial charge in [-0.05, 0) is 35.9 Å². The number of barbiturate groups is 1. The molecule has 0 aromatic heterocycles. The van der Waals surface area contributed by atoms with Crippen LogP contribution >= 0.6 is 0 Å². The summed E-state index contributed by atoms with van der Waals surface area (Å²) >= 11 is 0. The molecule has 1 aliphatic rings. The van der Waals surface area contributed by atoms with Crippen molar-refractivity contribution in [3.05, 3.63) is 83.4 Å². The van der Waals surface area contributed by atoms with Gasteiger partial charge < -0.3 is 5.32 Å². The molecule has 0 radical (unpaired) electrons. The van der Waals surface area contributed by atoms with Crippen LogP contribution in [0.25, 0.3) is 6.08 Å². The Balaban J connectivity index is 1.64. The van der Waals surface area contributed by atoms with Crippen molar-refractivity contribution in [2.75, 3.05) is 5.32 Å². The maximum Gasteiger partial charge on any atom is 0.328 e. The molecule has 1 fully saturated rings. The zero-order valence-electron chi connectivity index (χ0n) is 14.1. The van der Waals surface area contributed by atoms with Crippen LogP contribution in [0.1, 0.15) is 15.9 Å². The maximum absolute atomic E-state index is 12.1. The molecular formula is C20H15N3O4. The zero-order chi connectivity index (χ0) is 19.2. The van der Waals surface area contributed by atoms with E-state index in [9.17, 15) is 19.2 Å². The van der Waals surface area contributed by atoms with Crippen LogP contribution in [0, 0.1) is 0 Å². The van der Waals surface area contributed by atoms with Crippen molar-refractivity contribution in [2.45, 2.75) is 0 Å². The number of carbonyl (C=O) groups is 4. The van der Waals surface area contributed by atoms with Gasteiger partial charge in [0.2, 0.25) is 0 Å². The molecule has 0 bridgehead atoms. The minimum Gasteiger partial charge on any atom is -0.322 e. The summed E-state index contributed by atoms with van der Waals surface area (Å²) in [6.45, 7) is 0. The average molecular weight is 361 g/mol. The fourth-order valence-electron chi connectivity index (χ4n) is 2.35. The highest BCUT2D eigenvalue weighted by molar-refractivity contribution is 6.29. The number of nitrogens with one attached hydrogen (secondary N) is 3. The van der Waals surface area contributed by atoms with Crippen LogP contribution in [0.15, 0.2) is 72.3 Å². The molecule has 3 N–H and O–H groups in total. The van der Waals surface area contributed by atoms with Gasteiger partial charge in [0, 0.05) is 11.3 Å². The summed E-state index contributed by atoms with van der Waals surface area (Å²) in [6, 6.07) is 15.1. The normalized spacial score (nSPS) is 13.9. The SMILES string of the molecule is O=C1NC(=O)C(=C/C=C/c2ccc(NC(=O)c3ccccc3)cc2)C(=O)N1. The molecule has 0 spiro atoms. The number of anilines is 1. The summed E-state index contributed by atoms with van der Waals surface area (Å²) in [5.74, 6) is -1.69. The number of imide groups is 2. The average Bonchev–Trinajstić information content (AvgIpc) is 2.66. The van der Waals surface area contributed by atoms with Crippen LogP contribution in [-0.4, -0.2) is 23.8 Å². The van der Waals surface area contributed by atoms with E-state index in [1.54, 1.807) is 54.6 Å². The third kappa shape index (κ3) is 4.55. The molecule has 2 aromatic rings. The van der Waals surface area contributed by atoms with E-state index in [-0.39, 0.29) is 11.5 Å². The first-order chi connectivity index (χ1) is 13.0. The van der Waals surface area contributed by atoms with Gasteiger partial charge >= 0.3 is 6.03 Å². The van der Waals surface area contributed by atoms with E-state index in [0.29, 0.717) is 11.3 Å². The lowest BCUT2D eigenvalue weighted by molar-refractivity contribution is -0.124. The molecule has 0 unspecified atom stereocenters. The minimum absolute atomic E-state index is 0.155. The Kier molecular flexibility index (Phi) is 5.22. The van der Waals surface area contributed by atoms with Gasteiger partial charge in [-0.1, -0.05) is 42.5 Å². The van der Waals surface area contributed by atoms with Crippen LogP contribution in [0.5, 0.6) is 0 Å². The minimum atomic E-state index is -0.834. The van der Waals surface area contributed by atoms with Crippen molar-refractivity contribution in [3.63, 3.8) is 0 Å². The second kappa shape index (κ2) is 7.92. The third-order valence-corrected chi connectivity index (χ3v) is 3.70. The van der Waals surface area contributed by atoms with E-state index in [0.717, 1.165) is 5.56 Å². The van der Waals surface area contributed by atoms with E-state index >= 15 is 0 Å². The Morgan fingerprint density at radius 2 is 1.48 bits per heavy atom. The van der Waals surface area contributed by atoms with Crippen molar-refractivity contribution in [1.82, 2.24) is 10.6 Å². The number of rotatable bonds is 4. The first-order valence-electron chi connectivity index (χ1n) is 8.04. The highest BCUT2D eigenvalue weighted by Gasteiger charge is 2.26. The molecule has 5 amide bonds. The summed E-state index contributed by atoms with van der Waals surface area (Å²) in [4.78, 5) is 46.3. The quantitative estimate of drug-likeness (QED) is 0.574. The summed E-state index contributed by atoms with van der Waals surface area (Å²) in [7, 11) is 0. The fourth-order valence-corrected chi connectivity index (χ4v) is 2.35. The van der Waals surface area contributed by atoms with Crippen LogP contribution in [0.2, 0.25) is 0 Å². The van der Waals surface area contributed by atoms with Crippen molar-refractivity contribution in [3.8, 4) is 0 Å². The smallest absolute Gasteiger partial charge is 0.322 e. The largest absolute Gasteiger partial charge is 0.328 e. The molecule has 2 aromatic carbocycles. The lowest BCUT2D eigenvalue weighted by atomic mass is 10.1. The Morgan fingerprint density at radius 1 is 0.852 bits per heavy atom. The lowest BCUT2D eigenvalue weighted by Gasteiger charge is -2.12. The predicted octanol–water partition coefficient (Wildman–Crippen LogP) is 2.24. The van der Waals surface area contributed by atoms with Crippen LogP contribution in [-0.2, 0) is 9.59 Å². The first kappa shape index (κ1) is 17.8. The molecule has 1 saturated heterocycles. The van der Waals surface area contributed by atoms with E-state index < -0.39 is 17.8 Å².